The second-order valence-corrected chi connectivity index (χ2v) is 4.35. The van der Waals surface area contributed by atoms with Crippen molar-refractivity contribution in [3.63, 3.8) is 0 Å². The van der Waals surface area contributed by atoms with Crippen LogP contribution < -0.4 is 10.6 Å². The Labute approximate surface area is 116 Å². The third-order valence-electron chi connectivity index (χ3n) is 2.53. The van der Waals surface area contributed by atoms with E-state index in [1.807, 2.05) is 6.92 Å². The van der Waals surface area contributed by atoms with Gasteiger partial charge in [-0.05, 0) is 13.8 Å². The van der Waals surface area contributed by atoms with Crippen LogP contribution >= 0.6 is 0 Å². The fourth-order valence-electron chi connectivity index (χ4n) is 1.58. The minimum absolute atomic E-state index is 0.141. The lowest BCUT2D eigenvalue weighted by Crippen LogP contribution is -2.50. The lowest BCUT2D eigenvalue weighted by molar-refractivity contribution is -0.139. The molecular weight excluding hydrogens is 264 g/mol. The highest BCUT2D eigenvalue weighted by Crippen LogP contribution is 1.99. The average Bonchev–Trinajstić information content (AvgIpc) is 2.88. The van der Waals surface area contributed by atoms with Crippen molar-refractivity contribution in [2.24, 2.45) is 0 Å². The number of aliphatic carboxylic acids is 1. The molecule has 0 saturated carbocycles. The summed E-state index contributed by atoms with van der Waals surface area (Å²) in [4.78, 5) is 29.4. The van der Waals surface area contributed by atoms with Gasteiger partial charge < -0.3 is 25.5 Å². The molecule has 1 aromatic rings. The smallest absolute Gasteiger partial charge is 0.326 e. The molecule has 0 aliphatic carbocycles. The van der Waals surface area contributed by atoms with Crippen LogP contribution in [-0.4, -0.2) is 52.4 Å². The van der Waals surface area contributed by atoms with E-state index < -0.39 is 18.0 Å². The maximum absolute atomic E-state index is 11.7. The number of rotatable bonds is 8. The van der Waals surface area contributed by atoms with E-state index in [1.165, 1.54) is 12.5 Å². The van der Waals surface area contributed by atoms with Crippen molar-refractivity contribution in [3.8, 4) is 0 Å². The molecule has 2 unspecified atom stereocenters. The molecule has 8 heteroatoms. The summed E-state index contributed by atoms with van der Waals surface area (Å²) in [5.74, 6) is -1.10. The Morgan fingerprint density at radius 3 is 2.80 bits per heavy atom. The Morgan fingerprint density at radius 2 is 2.25 bits per heavy atom. The SMILES string of the molecule is CCOCC(C)NC(=O)NC(Cc1cnc[nH]1)C(=O)O. The monoisotopic (exact) mass is 284 g/mol. The third-order valence-corrected chi connectivity index (χ3v) is 2.53. The van der Waals surface area contributed by atoms with Crippen LogP contribution in [0.2, 0.25) is 0 Å². The first kappa shape index (κ1) is 16.0. The standard InChI is InChI=1S/C12H20N4O4/c1-3-20-6-8(2)15-12(19)16-10(11(17)18)4-9-5-13-7-14-9/h5,7-8,10H,3-4,6H2,1-2H3,(H,13,14)(H,17,18)(H2,15,16,19). The number of aromatic nitrogens is 2. The number of nitrogens with one attached hydrogen (secondary N) is 3. The molecule has 112 valence electrons. The van der Waals surface area contributed by atoms with Crippen molar-refractivity contribution in [2.45, 2.75) is 32.4 Å². The van der Waals surface area contributed by atoms with Gasteiger partial charge in [0, 0.05) is 24.9 Å². The van der Waals surface area contributed by atoms with Gasteiger partial charge in [-0.2, -0.15) is 0 Å². The van der Waals surface area contributed by atoms with Gasteiger partial charge in [0.2, 0.25) is 0 Å². The van der Waals surface area contributed by atoms with Crippen LogP contribution in [0.3, 0.4) is 0 Å². The van der Waals surface area contributed by atoms with Crippen LogP contribution in [0.25, 0.3) is 0 Å². The zero-order valence-corrected chi connectivity index (χ0v) is 11.5. The fraction of sp³-hybridized carbons (Fsp3) is 0.583. The van der Waals surface area contributed by atoms with Gasteiger partial charge in [-0.3, -0.25) is 0 Å². The van der Waals surface area contributed by atoms with Crippen LogP contribution in [0.1, 0.15) is 19.5 Å². The van der Waals surface area contributed by atoms with E-state index in [4.69, 9.17) is 9.84 Å². The molecule has 0 fully saturated rings. The number of urea groups is 1. The Kier molecular flexibility index (Phi) is 6.51. The van der Waals surface area contributed by atoms with Gasteiger partial charge in [0.05, 0.1) is 19.0 Å². The first-order valence-electron chi connectivity index (χ1n) is 6.37. The molecule has 2 atom stereocenters. The summed E-state index contributed by atoms with van der Waals surface area (Å²) in [6, 6.07) is -1.75. The number of amides is 2. The highest BCUT2D eigenvalue weighted by Gasteiger charge is 2.21. The number of ether oxygens (including phenoxy) is 1. The normalized spacial score (nSPS) is 13.5. The second-order valence-electron chi connectivity index (χ2n) is 4.35. The number of carbonyl (C=O) groups is 2. The van der Waals surface area contributed by atoms with Crippen LogP contribution in [0.15, 0.2) is 12.5 Å². The van der Waals surface area contributed by atoms with Gasteiger partial charge in [0.25, 0.3) is 0 Å². The van der Waals surface area contributed by atoms with Gasteiger partial charge in [-0.25, -0.2) is 14.6 Å². The molecule has 1 aromatic heterocycles. The zero-order valence-electron chi connectivity index (χ0n) is 11.5. The molecule has 8 nitrogen and oxygen atoms in total. The lowest BCUT2D eigenvalue weighted by Gasteiger charge is -2.18. The van der Waals surface area contributed by atoms with Crippen molar-refractivity contribution in [2.75, 3.05) is 13.2 Å². The van der Waals surface area contributed by atoms with E-state index in [1.54, 1.807) is 6.92 Å². The number of carboxylic acids is 1. The summed E-state index contributed by atoms with van der Waals surface area (Å²) in [7, 11) is 0. The number of carbonyl (C=O) groups excluding carboxylic acids is 1. The number of H-pyrrole nitrogens is 1. The van der Waals surface area contributed by atoms with Crippen LogP contribution in [0, 0.1) is 0 Å². The summed E-state index contributed by atoms with van der Waals surface area (Å²) >= 11 is 0. The largest absolute Gasteiger partial charge is 0.480 e. The van der Waals surface area contributed by atoms with Crippen molar-refractivity contribution >= 4 is 12.0 Å². The molecule has 20 heavy (non-hydrogen) atoms. The van der Waals surface area contributed by atoms with E-state index >= 15 is 0 Å². The van der Waals surface area contributed by atoms with E-state index in [2.05, 4.69) is 20.6 Å². The second kappa shape index (κ2) is 8.16. The van der Waals surface area contributed by atoms with E-state index in [-0.39, 0.29) is 12.5 Å². The van der Waals surface area contributed by atoms with Gasteiger partial charge >= 0.3 is 12.0 Å². The molecule has 0 radical (unpaired) electrons. The number of imidazole rings is 1. The Bertz CT molecular complexity index is 421. The summed E-state index contributed by atoms with van der Waals surface area (Å²) in [5.41, 5.74) is 0.639. The molecular formula is C12H20N4O4. The maximum atomic E-state index is 11.7. The summed E-state index contributed by atoms with van der Waals surface area (Å²) in [6.45, 7) is 4.57. The first-order valence-corrected chi connectivity index (χ1v) is 6.37. The number of hydrogen-bond donors (Lipinski definition) is 4. The summed E-state index contributed by atoms with van der Waals surface area (Å²) in [5, 5.41) is 14.1. The van der Waals surface area contributed by atoms with E-state index in [0.717, 1.165) is 0 Å². The molecule has 0 spiro atoms. The van der Waals surface area contributed by atoms with Gasteiger partial charge in [0.15, 0.2) is 0 Å². The quantitative estimate of drug-likeness (QED) is 0.541. The zero-order chi connectivity index (χ0) is 15.0. The number of aromatic amines is 1. The van der Waals surface area contributed by atoms with E-state index in [9.17, 15) is 9.59 Å². The average molecular weight is 284 g/mol. The summed E-state index contributed by atoms with van der Waals surface area (Å²) < 4.78 is 5.16. The Morgan fingerprint density at radius 1 is 1.50 bits per heavy atom. The number of hydrogen-bond acceptors (Lipinski definition) is 4. The fourth-order valence-corrected chi connectivity index (χ4v) is 1.58. The van der Waals surface area contributed by atoms with Gasteiger partial charge in [-0.15, -0.1) is 0 Å². The molecule has 1 heterocycles. The topological polar surface area (TPSA) is 116 Å². The maximum Gasteiger partial charge on any atom is 0.326 e. The highest BCUT2D eigenvalue weighted by molar-refractivity contribution is 5.82. The van der Waals surface area contributed by atoms with Crippen LogP contribution in [0.5, 0.6) is 0 Å². The predicted octanol–water partition coefficient (Wildman–Crippen LogP) is 0.130. The molecule has 2 amide bonds. The molecule has 0 aliphatic heterocycles. The molecule has 0 saturated heterocycles. The predicted molar refractivity (Wildman–Crippen MR) is 71.3 cm³/mol. The van der Waals surface area contributed by atoms with Gasteiger partial charge in [-0.1, -0.05) is 0 Å². The van der Waals surface area contributed by atoms with Gasteiger partial charge in [0.1, 0.15) is 6.04 Å². The lowest BCUT2D eigenvalue weighted by atomic mass is 10.1. The first-order chi connectivity index (χ1) is 9.52. The Balaban J connectivity index is 2.45. The van der Waals surface area contributed by atoms with Crippen molar-refractivity contribution in [1.29, 1.82) is 0 Å². The minimum atomic E-state index is -1.10. The molecule has 1 rings (SSSR count). The van der Waals surface area contributed by atoms with Crippen molar-refractivity contribution < 1.29 is 19.4 Å². The third kappa shape index (κ3) is 5.70. The molecule has 0 aromatic carbocycles. The molecule has 4 N–H and O–H groups in total. The molecule has 0 aliphatic rings. The van der Waals surface area contributed by atoms with Crippen molar-refractivity contribution in [3.05, 3.63) is 18.2 Å². The summed E-state index contributed by atoms with van der Waals surface area (Å²) in [6.07, 6.45) is 3.12. The van der Waals surface area contributed by atoms with Crippen LogP contribution in [-0.2, 0) is 16.0 Å². The highest BCUT2D eigenvalue weighted by atomic mass is 16.5. The molecule has 0 bridgehead atoms. The number of nitrogens with zero attached hydrogens (tertiary/aromatic N) is 1. The van der Waals surface area contributed by atoms with Crippen molar-refractivity contribution in [1.82, 2.24) is 20.6 Å². The Hall–Kier alpha value is -2.09. The minimum Gasteiger partial charge on any atom is -0.480 e. The van der Waals surface area contributed by atoms with E-state index in [0.29, 0.717) is 18.9 Å². The number of carboxylic acid groups (broad SMARTS) is 1. The van der Waals surface area contributed by atoms with Crippen LogP contribution in [0.4, 0.5) is 4.79 Å².